The quantitative estimate of drug-likeness (QED) is 0.872. The molecular weight excluding hydrogens is 226 g/mol. The number of nitrogens with two attached hydrogens (primary N) is 1. The molecule has 0 saturated carbocycles. The predicted molar refractivity (Wildman–Crippen MR) is 72.7 cm³/mol. The van der Waals surface area contributed by atoms with Crippen molar-refractivity contribution in [1.82, 2.24) is 0 Å². The van der Waals surface area contributed by atoms with Gasteiger partial charge in [0.25, 0.3) is 0 Å². The molecule has 0 spiro atoms. The van der Waals surface area contributed by atoms with Gasteiger partial charge in [-0.15, -0.1) is 0 Å². The van der Waals surface area contributed by atoms with Crippen molar-refractivity contribution in [2.75, 3.05) is 13.2 Å². The van der Waals surface area contributed by atoms with Gasteiger partial charge in [-0.1, -0.05) is 26.0 Å². The molecule has 18 heavy (non-hydrogen) atoms. The maximum absolute atomic E-state index is 6.24. The zero-order valence-corrected chi connectivity index (χ0v) is 11.3. The number of hydrogen-bond donors (Lipinski definition) is 1. The molecule has 0 amide bonds. The van der Waals surface area contributed by atoms with Crippen LogP contribution in [0.1, 0.15) is 38.3 Å². The topological polar surface area (TPSA) is 44.5 Å². The van der Waals surface area contributed by atoms with Crippen LogP contribution in [0.25, 0.3) is 0 Å². The fourth-order valence-corrected chi connectivity index (χ4v) is 2.17. The van der Waals surface area contributed by atoms with Crippen LogP contribution in [0, 0.1) is 5.92 Å². The van der Waals surface area contributed by atoms with Gasteiger partial charge in [0.05, 0.1) is 18.8 Å². The molecule has 2 unspecified atom stereocenters. The molecule has 1 aromatic rings. The molecule has 0 radical (unpaired) electrons. The van der Waals surface area contributed by atoms with Gasteiger partial charge in [0, 0.05) is 6.61 Å². The van der Waals surface area contributed by atoms with Crippen molar-refractivity contribution in [2.24, 2.45) is 11.7 Å². The van der Waals surface area contributed by atoms with Crippen LogP contribution in [-0.4, -0.2) is 19.3 Å². The van der Waals surface area contributed by atoms with Crippen LogP contribution in [-0.2, 0) is 4.74 Å². The molecule has 2 atom stereocenters. The van der Waals surface area contributed by atoms with Gasteiger partial charge in [-0.25, -0.2) is 0 Å². The summed E-state index contributed by atoms with van der Waals surface area (Å²) in [5, 5.41) is 0. The van der Waals surface area contributed by atoms with E-state index >= 15 is 0 Å². The van der Waals surface area contributed by atoms with E-state index in [4.69, 9.17) is 15.2 Å². The Labute approximate surface area is 109 Å². The Hall–Kier alpha value is -1.06. The molecule has 0 bridgehead atoms. The first-order chi connectivity index (χ1) is 8.66. The van der Waals surface area contributed by atoms with Crippen LogP contribution < -0.4 is 10.5 Å². The van der Waals surface area contributed by atoms with Gasteiger partial charge >= 0.3 is 0 Å². The average Bonchev–Trinajstić information content (AvgIpc) is 2.89. The van der Waals surface area contributed by atoms with Gasteiger partial charge in [-0.3, -0.25) is 0 Å². The zero-order chi connectivity index (χ0) is 13.0. The van der Waals surface area contributed by atoms with Crippen LogP contribution in [0.2, 0.25) is 0 Å². The Bertz CT molecular complexity index is 373. The van der Waals surface area contributed by atoms with Gasteiger partial charge in [-0.05, 0) is 36.5 Å². The highest BCUT2D eigenvalue weighted by molar-refractivity contribution is 5.31. The summed E-state index contributed by atoms with van der Waals surface area (Å²) in [6.07, 6.45) is 2.32. The third kappa shape index (κ3) is 3.47. The first-order valence-electron chi connectivity index (χ1n) is 6.77. The van der Waals surface area contributed by atoms with Gasteiger partial charge in [-0.2, -0.15) is 0 Å². The van der Waals surface area contributed by atoms with Crippen molar-refractivity contribution >= 4 is 0 Å². The van der Waals surface area contributed by atoms with Crippen molar-refractivity contribution in [3.8, 4) is 5.75 Å². The summed E-state index contributed by atoms with van der Waals surface area (Å²) in [6, 6.07) is 8.02. The summed E-state index contributed by atoms with van der Waals surface area (Å²) in [6.45, 7) is 5.85. The van der Waals surface area contributed by atoms with Crippen LogP contribution in [0.15, 0.2) is 24.3 Å². The summed E-state index contributed by atoms with van der Waals surface area (Å²) in [5.74, 6) is 1.43. The highest BCUT2D eigenvalue weighted by atomic mass is 16.5. The van der Waals surface area contributed by atoms with Gasteiger partial charge in [0.1, 0.15) is 5.75 Å². The van der Waals surface area contributed by atoms with Gasteiger partial charge in [0.15, 0.2) is 0 Å². The minimum atomic E-state index is -0.0462. The van der Waals surface area contributed by atoms with Crippen LogP contribution in [0.4, 0.5) is 0 Å². The Morgan fingerprint density at radius 1 is 1.44 bits per heavy atom. The third-order valence-corrected chi connectivity index (χ3v) is 3.19. The Morgan fingerprint density at radius 2 is 2.28 bits per heavy atom. The zero-order valence-electron chi connectivity index (χ0n) is 11.3. The second kappa shape index (κ2) is 6.21. The van der Waals surface area contributed by atoms with Crippen molar-refractivity contribution in [3.63, 3.8) is 0 Å². The molecule has 3 heteroatoms. The molecule has 1 aromatic carbocycles. The summed E-state index contributed by atoms with van der Waals surface area (Å²) < 4.78 is 11.4. The molecule has 0 aliphatic carbocycles. The maximum atomic E-state index is 6.24. The normalized spacial score (nSPS) is 21.2. The van der Waals surface area contributed by atoms with E-state index in [-0.39, 0.29) is 12.1 Å². The lowest BCUT2D eigenvalue weighted by Gasteiger charge is -2.19. The summed E-state index contributed by atoms with van der Waals surface area (Å²) in [4.78, 5) is 0. The molecule has 1 heterocycles. The van der Waals surface area contributed by atoms with E-state index in [0.29, 0.717) is 5.92 Å². The molecular formula is C15H23NO2. The van der Waals surface area contributed by atoms with Crippen LogP contribution in [0.3, 0.4) is 0 Å². The first-order valence-corrected chi connectivity index (χ1v) is 6.77. The van der Waals surface area contributed by atoms with Crippen molar-refractivity contribution < 1.29 is 9.47 Å². The smallest absolute Gasteiger partial charge is 0.119 e. The van der Waals surface area contributed by atoms with E-state index < -0.39 is 0 Å². The Morgan fingerprint density at radius 3 is 2.94 bits per heavy atom. The fraction of sp³-hybridized carbons (Fsp3) is 0.600. The molecule has 1 aliphatic rings. The van der Waals surface area contributed by atoms with E-state index in [9.17, 15) is 0 Å². The van der Waals surface area contributed by atoms with Gasteiger partial charge in [0.2, 0.25) is 0 Å². The predicted octanol–water partition coefficient (Wildman–Crippen LogP) is 2.90. The standard InChI is InChI=1S/C15H23NO2/c1-11(2)10-18-13-6-3-5-12(9-13)15(16)14-7-4-8-17-14/h3,5-6,9,11,14-15H,4,7-8,10,16H2,1-2H3. The molecule has 1 saturated heterocycles. The van der Waals surface area contributed by atoms with Gasteiger partial charge < -0.3 is 15.2 Å². The lowest BCUT2D eigenvalue weighted by molar-refractivity contribution is 0.0899. The third-order valence-electron chi connectivity index (χ3n) is 3.19. The second-order valence-electron chi connectivity index (χ2n) is 5.35. The van der Waals surface area contributed by atoms with Crippen LogP contribution >= 0.6 is 0 Å². The molecule has 2 N–H and O–H groups in total. The molecule has 0 aromatic heterocycles. The Kier molecular flexibility index (Phi) is 4.61. The van der Waals surface area contributed by atoms with Crippen molar-refractivity contribution in [3.05, 3.63) is 29.8 Å². The second-order valence-corrected chi connectivity index (χ2v) is 5.35. The minimum Gasteiger partial charge on any atom is -0.493 e. The largest absolute Gasteiger partial charge is 0.493 e. The molecule has 100 valence electrons. The number of ether oxygens (including phenoxy) is 2. The fourth-order valence-electron chi connectivity index (χ4n) is 2.17. The van der Waals surface area contributed by atoms with E-state index in [2.05, 4.69) is 19.9 Å². The lowest BCUT2D eigenvalue weighted by atomic mass is 10.0. The van der Waals surface area contributed by atoms with E-state index in [1.807, 2.05) is 18.2 Å². The average molecular weight is 249 g/mol. The maximum Gasteiger partial charge on any atom is 0.119 e. The van der Waals surface area contributed by atoms with Crippen LogP contribution in [0.5, 0.6) is 5.75 Å². The highest BCUT2D eigenvalue weighted by Crippen LogP contribution is 2.27. The molecule has 2 rings (SSSR count). The van der Waals surface area contributed by atoms with Crippen molar-refractivity contribution in [2.45, 2.75) is 38.8 Å². The monoisotopic (exact) mass is 249 g/mol. The summed E-state index contributed by atoms with van der Waals surface area (Å²) in [7, 11) is 0. The van der Waals surface area contributed by atoms with E-state index in [1.165, 1.54) is 0 Å². The van der Waals surface area contributed by atoms with Crippen molar-refractivity contribution in [1.29, 1.82) is 0 Å². The minimum absolute atomic E-state index is 0.0462. The summed E-state index contributed by atoms with van der Waals surface area (Å²) in [5.41, 5.74) is 7.34. The van der Waals surface area contributed by atoms with E-state index in [1.54, 1.807) is 0 Å². The lowest BCUT2D eigenvalue weighted by Crippen LogP contribution is -2.25. The SMILES string of the molecule is CC(C)COc1cccc(C(N)C2CCCO2)c1. The number of rotatable bonds is 5. The number of hydrogen-bond acceptors (Lipinski definition) is 3. The molecule has 1 aliphatic heterocycles. The molecule has 1 fully saturated rings. The van der Waals surface area contributed by atoms with E-state index in [0.717, 1.165) is 37.4 Å². The molecule has 3 nitrogen and oxygen atoms in total. The Balaban J connectivity index is 2.01. The highest BCUT2D eigenvalue weighted by Gasteiger charge is 2.24. The first kappa shape index (κ1) is 13.4. The number of benzene rings is 1. The summed E-state index contributed by atoms with van der Waals surface area (Å²) >= 11 is 0.